The first-order chi connectivity index (χ1) is 31.7. The van der Waals surface area contributed by atoms with Gasteiger partial charge in [0.25, 0.3) is 0 Å². The van der Waals surface area contributed by atoms with Crippen molar-refractivity contribution in [3.8, 4) is 16.8 Å². The van der Waals surface area contributed by atoms with Crippen molar-refractivity contribution >= 4 is 70.7 Å². The van der Waals surface area contributed by atoms with E-state index in [-0.39, 0.29) is 5.41 Å². The Bertz CT molecular complexity index is 3940. The van der Waals surface area contributed by atoms with E-state index in [9.17, 15) is 0 Å². The van der Waals surface area contributed by atoms with E-state index < -0.39 is 0 Å². The predicted octanol–water partition coefficient (Wildman–Crippen LogP) is 15.3. The van der Waals surface area contributed by atoms with Crippen molar-refractivity contribution in [1.82, 2.24) is 18.9 Å². The van der Waals surface area contributed by atoms with Gasteiger partial charge in [-0.3, -0.25) is 9.97 Å². The van der Waals surface area contributed by atoms with Crippen LogP contribution in [0.1, 0.15) is 148 Å². The maximum absolute atomic E-state index is 5.71. The summed E-state index contributed by atoms with van der Waals surface area (Å²) in [7, 11) is 0. The number of pyridine rings is 2. The molecule has 65 heavy (non-hydrogen) atoms. The quantitative estimate of drug-likeness (QED) is 0.165. The van der Waals surface area contributed by atoms with Gasteiger partial charge in [0.15, 0.2) is 0 Å². The summed E-state index contributed by atoms with van der Waals surface area (Å²) in [4.78, 5) is 11.4. The van der Waals surface area contributed by atoms with Gasteiger partial charge in [-0.2, -0.15) is 0 Å². The van der Waals surface area contributed by atoms with Gasteiger partial charge in [-0.1, -0.05) is 74.5 Å². The number of benzene rings is 5. The molecule has 0 saturated heterocycles. The van der Waals surface area contributed by atoms with Gasteiger partial charge in [-0.25, -0.2) is 0 Å². The highest BCUT2D eigenvalue weighted by Crippen LogP contribution is 2.80. The third-order valence-electron chi connectivity index (χ3n) is 21.2. The van der Waals surface area contributed by atoms with Crippen LogP contribution >= 0.6 is 0 Å². The van der Waals surface area contributed by atoms with Crippen molar-refractivity contribution in [1.29, 1.82) is 0 Å². The Labute approximate surface area is 377 Å². The molecule has 0 unspecified atom stereocenters. The highest BCUT2D eigenvalue weighted by Gasteiger charge is 2.68. The summed E-state index contributed by atoms with van der Waals surface area (Å²) >= 11 is 0. The van der Waals surface area contributed by atoms with Crippen molar-refractivity contribution in [2.24, 2.45) is 21.7 Å². The molecule has 314 valence electrons. The zero-order chi connectivity index (χ0) is 41.9. The maximum Gasteiger partial charge on any atom is 0.0728 e. The summed E-state index contributed by atoms with van der Waals surface area (Å²) in [5.74, 6) is 2.42. The lowest BCUT2D eigenvalue weighted by Gasteiger charge is -2.67. The van der Waals surface area contributed by atoms with Crippen LogP contribution in [0.4, 0.5) is 0 Å². The van der Waals surface area contributed by atoms with E-state index in [1.54, 1.807) is 27.5 Å². The van der Waals surface area contributed by atoms with Gasteiger partial charge < -0.3 is 8.97 Å². The largest absolute Gasteiger partial charge is 0.309 e. The first-order valence-corrected chi connectivity index (χ1v) is 25.4. The van der Waals surface area contributed by atoms with E-state index in [2.05, 4.69) is 120 Å². The molecule has 10 aromatic rings. The van der Waals surface area contributed by atoms with Crippen LogP contribution in [0.2, 0.25) is 0 Å². The Balaban J connectivity index is 1.02. The van der Waals surface area contributed by atoms with E-state index in [0.29, 0.717) is 45.3 Å². The summed E-state index contributed by atoms with van der Waals surface area (Å²) in [5.41, 5.74) is 22.2. The smallest absolute Gasteiger partial charge is 0.0728 e. The van der Waals surface area contributed by atoms with Crippen molar-refractivity contribution in [2.75, 3.05) is 0 Å². The molecule has 0 amide bonds. The Morgan fingerprint density at radius 1 is 0.477 bits per heavy atom. The van der Waals surface area contributed by atoms with Gasteiger partial charge >= 0.3 is 0 Å². The third-order valence-corrected chi connectivity index (χ3v) is 21.2. The topological polar surface area (TPSA) is 35.1 Å². The summed E-state index contributed by atoms with van der Waals surface area (Å²) in [5, 5.41) is 11.6. The third kappa shape index (κ3) is 3.48. The molecule has 0 atom stereocenters. The molecule has 4 heteroatoms. The Kier molecular flexibility index (Phi) is 5.18. The lowest BCUT2D eigenvalue weighted by molar-refractivity contribution is -0.150. The first kappa shape index (κ1) is 33.7. The van der Waals surface area contributed by atoms with Crippen LogP contribution < -0.4 is 0 Å². The molecule has 10 fully saturated rings. The zero-order valence-corrected chi connectivity index (χ0v) is 37.3. The van der Waals surface area contributed by atoms with Crippen LogP contribution in [0.25, 0.3) is 87.5 Å². The van der Waals surface area contributed by atoms with Crippen molar-refractivity contribution in [3.63, 3.8) is 0 Å². The SMILES string of the molecule is CC1(C)c2c(c3ccccc3c3c2c2ccccc2n3-c2ccccc2)-c2cc3c4c5c(ncc4n4c6cnc7c(c6c(c21)c34)C1CC23CC7CC(C1)(C2)C3)C1CC23CC5CC(C1)(C2)C3. The van der Waals surface area contributed by atoms with E-state index in [4.69, 9.17) is 9.97 Å². The minimum Gasteiger partial charge on any atom is -0.309 e. The van der Waals surface area contributed by atoms with Gasteiger partial charge in [-0.05, 0) is 174 Å². The second-order valence-corrected chi connectivity index (χ2v) is 25.0. The van der Waals surface area contributed by atoms with Crippen molar-refractivity contribution in [3.05, 3.63) is 131 Å². The monoisotopic (exact) mass is 838 g/mol. The van der Waals surface area contributed by atoms with Gasteiger partial charge in [0.1, 0.15) is 0 Å². The minimum atomic E-state index is -0.283. The highest BCUT2D eigenvalue weighted by atomic mass is 15.0. The Morgan fingerprint density at radius 3 is 1.66 bits per heavy atom. The van der Waals surface area contributed by atoms with Gasteiger partial charge in [-0.15, -0.1) is 0 Å². The molecule has 4 spiro atoms. The number of rotatable bonds is 1. The van der Waals surface area contributed by atoms with Crippen LogP contribution in [0, 0.1) is 21.7 Å². The second kappa shape index (κ2) is 9.99. The zero-order valence-electron chi connectivity index (χ0n) is 37.3. The summed E-state index contributed by atoms with van der Waals surface area (Å²) < 4.78 is 5.32. The average Bonchev–Trinajstić information content (AvgIpc) is 3.95. The lowest BCUT2D eigenvalue weighted by atomic mass is 9.37. The van der Waals surface area contributed by atoms with Crippen LogP contribution in [-0.2, 0) is 5.41 Å². The molecule has 0 N–H and O–H groups in total. The molecule has 10 saturated carbocycles. The number of para-hydroxylation sites is 2. The minimum absolute atomic E-state index is 0.283. The molecule has 0 radical (unpaired) electrons. The van der Waals surface area contributed by atoms with E-state index >= 15 is 0 Å². The Morgan fingerprint density at radius 2 is 1.02 bits per heavy atom. The molecule has 25 rings (SSSR count). The standard InChI is InChI=1S/C61H50N4/c1-57(2)51-39(46-36-12-6-7-13-37(36)55-48(52(46)57)38-14-8-9-15-41(38)64(55)35-10-4-3-5-11-35)16-40-47-42(25-62-53-33-21-58-17-31(44(47)53)18-59(22-33,27-58)28-58)65-43-26-63-54-34-23-60-19-32(20-61(24-34,29-60)30-60)45(54)49(43)50(51)56(40)65/h3-16,25-26,31-34H,17-24,27-30H2,1-2H3. The molecular weight excluding hydrogens is 789 g/mol. The summed E-state index contributed by atoms with van der Waals surface area (Å²) in [6, 6.07) is 32.6. The highest BCUT2D eigenvalue weighted by molar-refractivity contribution is 6.31. The number of fused-ring (bicyclic) bond motifs is 17. The number of nitrogens with zero attached hydrogens (tertiary/aromatic N) is 4. The van der Waals surface area contributed by atoms with Crippen LogP contribution in [0.3, 0.4) is 0 Å². The fourth-order valence-electron chi connectivity index (χ4n) is 20.6. The van der Waals surface area contributed by atoms with Gasteiger partial charge in [0.05, 0.1) is 40.0 Å². The average molecular weight is 839 g/mol. The fourth-order valence-corrected chi connectivity index (χ4v) is 20.6. The number of aromatic nitrogens is 4. The first-order valence-electron chi connectivity index (χ1n) is 25.4. The summed E-state index contributed by atoms with van der Waals surface area (Å²) in [6.45, 7) is 5.20. The maximum atomic E-state index is 5.71. The summed E-state index contributed by atoms with van der Waals surface area (Å²) in [6.07, 6.45) is 21.5. The molecule has 5 aromatic heterocycles. The Hall–Kier alpha value is -5.74. The van der Waals surface area contributed by atoms with Crippen LogP contribution in [0.15, 0.2) is 97.3 Å². The molecule has 8 bridgehead atoms. The normalized spacial score (nSPS) is 33.3. The van der Waals surface area contributed by atoms with E-state index in [0.717, 1.165) is 0 Å². The van der Waals surface area contributed by atoms with Crippen molar-refractivity contribution < 1.29 is 0 Å². The number of hydrogen-bond acceptors (Lipinski definition) is 2. The fraction of sp³-hybridized carbons (Fsp3) is 0.377. The lowest BCUT2D eigenvalue weighted by Crippen LogP contribution is -2.56. The van der Waals surface area contributed by atoms with Crippen molar-refractivity contribution in [2.45, 2.75) is 120 Å². The number of hydrogen-bond donors (Lipinski definition) is 0. The molecule has 5 heterocycles. The van der Waals surface area contributed by atoms with Gasteiger partial charge in [0, 0.05) is 72.0 Å². The van der Waals surface area contributed by atoms with E-state index in [1.165, 1.54) is 171 Å². The molecular formula is C61H50N4. The molecule has 5 aromatic carbocycles. The van der Waals surface area contributed by atoms with Gasteiger partial charge in [0.2, 0.25) is 0 Å². The molecule has 0 aliphatic heterocycles. The second-order valence-electron chi connectivity index (χ2n) is 25.0. The molecule has 15 aliphatic rings. The predicted molar refractivity (Wildman–Crippen MR) is 262 cm³/mol. The van der Waals surface area contributed by atoms with Crippen LogP contribution in [0.5, 0.6) is 0 Å². The molecule has 4 nitrogen and oxygen atoms in total. The molecule has 15 aliphatic carbocycles. The van der Waals surface area contributed by atoms with Crippen LogP contribution in [-0.4, -0.2) is 18.9 Å². The van der Waals surface area contributed by atoms with E-state index in [1.807, 2.05) is 0 Å².